The van der Waals surface area contributed by atoms with E-state index in [4.69, 9.17) is 19.9 Å². The number of hydrogen-bond donors (Lipinski definition) is 3. The van der Waals surface area contributed by atoms with E-state index in [1.165, 1.54) is 6.20 Å². The molecule has 0 saturated carbocycles. The highest BCUT2D eigenvalue weighted by Crippen LogP contribution is 2.32. The molecule has 2 aromatic carbocycles. The van der Waals surface area contributed by atoms with Gasteiger partial charge in [-0.05, 0) is 51.1 Å². The Kier molecular flexibility index (Phi) is 11.3. The number of aromatic nitrogens is 1. The Morgan fingerprint density at radius 1 is 0.932 bits per heavy atom. The van der Waals surface area contributed by atoms with E-state index in [1.807, 2.05) is 53.4 Å². The maximum Gasteiger partial charge on any atom is 0.407 e. The number of amides is 3. The summed E-state index contributed by atoms with van der Waals surface area (Å²) in [6.45, 7) is 9.69. The number of pyridine rings is 1. The van der Waals surface area contributed by atoms with Crippen LogP contribution in [0.25, 0.3) is 10.9 Å². The molecule has 1 fully saturated rings. The molecule has 3 amide bonds. The molecule has 0 bridgehead atoms. The number of benzene rings is 2. The summed E-state index contributed by atoms with van der Waals surface area (Å²) in [5.74, 6) is -0.505. The second kappa shape index (κ2) is 15.3. The summed E-state index contributed by atoms with van der Waals surface area (Å²) in [6, 6.07) is 15.6. The van der Waals surface area contributed by atoms with E-state index < -0.39 is 17.6 Å². The van der Waals surface area contributed by atoms with Crippen LogP contribution in [-0.4, -0.2) is 92.5 Å². The Labute approximate surface area is 257 Å². The monoisotopic (exact) mass is 606 g/mol. The maximum absolute atomic E-state index is 12.8. The topological polar surface area (TPSA) is 148 Å². The molecule has 1 aromatic heterocycles. The summed E-state index contributed by atoms with van der Waals surface area (Å²) in [5.41, 5.74) is 8.64. The molecular weight excluding hydrogens is 564 g/mol. The lowest BCUT2D eigenvalue weighted by Crippen LogP contribution is -2.49. The van der Waals surface area contributed by atoms with Gasteiger partial charge in [0.05, 0.1) is 49.6 Å². The number of carbonyl (C=O) groups excluding carboxylic acids is 3. The van der Waals surface area contributed by atoms with Crippen LogP contribution in [0, 0.1) is 0 Å². The number of rotatable bonds is 13. The van der Waals surface area contributed by atoms with Crippen LogP contribution in [0.1, 0.15) is 37.6 Å². The van der Waals surface area contributed by atoms with E-state index in [0.29, 0.717) is 76.8 Å². The smallest absolute Gasteiger partial charge is 0.407 e. The number of carbonyl (C=O) groups is 3. The normalized spacial score (nSPS) is 13.5. The predicted molar refractivity (Wildman–Crippen MR) is 169 cm³/mol. The SMILES string of the molecule is CC(C)(C)OC(=O)NCCOCCOCCC(=O)N1CCN(c2ccc3ncc(C(N)=O)c(Nc4ccccc4)c3c2)CC1. The molecule has 4 N–H and O–H groups in total. The van der Waals surface area contributed by atoms with Gasteiger partial charge in [0, 0.05) is 55.7 Å². The minimum atomic E-state index is -0.556. The first-order valence-electron chi connectivity index (χ1n) is 14.8. The van der Waals surface area contributed by atoms with Crippen LogP contribution in [0.2, 0.25) is 0 Å². The fraction of sp³-hybridized carbons (Fsp3) is 0.438. The van der Waals surface area contributed by atoms with Crippen LogP contribution in [0.4, 0.5) is 21.9 Å². The zero-order chi connectivity index (χ0) is 31.5. The van der Waals surface area contributed by atoms with Gasteiger partial charge < -0.3 is 40.4 Å². The number of hydrogen-bond acceptors (Lipinski definition) is 9. The molecule has 4 rings (SSSR count). The van der Waals surface area contributed by atoms with Gasteiger partial charge in [-0.3, -0.25) is 14.6 Å². The maximum atomic E-state index is 12.8. The number of ether oxygens (including phenoxy) is 3. The zero-order valence-electron chi connectivity index (χ0n) is 25.6. The minimum absolute atomic E-state index is 0.0512. The number of fused-ring (bicyclic) bond motifs is 1. The van der Waals surface area contributed by atoms with E-state index in [0.717, 1.165) is 22.3 Å². The summed E-state index contributed by atoms with van der Waals surface area (Å²) < 4.78 is 16.2. The Hall–Kier alpha value is -4.42. The highest BCUT2D eigenvalue weighted by atomic mass is 16.6. The number of para-hydroxylation sites is 1. The Morgan fingerprint density at radius 3 is 2.32 bits per heavy atom. The van der Waals surface area contributed by atoms with Gasteiger partial charge in [-0.15, -0.1) is 0 Å². The minimum Gasteiger partial charge on any atom is -0.444 e. The second-order valence-electron chi connectivity index (χ2n) is 11.4. The number of piperazine rings is 1. The van der Waals surface area contributed by atoms with Gasteiger partial charge in [0.1, 0.15) is 5.60 Å². The molecule has 1 aliphatic heterocycles. The molecule has 1 aliphatic rings. The number of primary amides is 1. The predicted octanol–water partition coefficient (Wildman–Crippen LogP) is 3.67. The molecule has 236 valence electrons. The number of nitrogens with two attached hydrogens (primary N) is 1. The second-order valence-corrected chi connectivity index (χ2v) is 11.4. The molecule has 44 heavy (non-hydrogen) atoms. The van der Waals surface area contributed by atoms with E-state index in [-0.39, 0.29) is 5.91 Å². The van der Waals surface area contributed by atoms with Gasteiger partial charge in [-0.2, -0.15) is 0 Å². The lowest BCUT2D eigenvalue weighted by atomic mass is 10.1. The van der Waals surface area contributed by atoms with Crippen molar-refractivity contribution >= 4 is 45.9 Å². The first-order chi connectivity index (χ1) is 21.1. The van der Waals surface area contributed by atoms with Crippen molar-refractivity contribution in [2.45, 2.75) is 32.8 Å². The first kappa shape index (κ1) is 32.5. The summed E-state index contributed by atoms with van der Waals surface area (Å²) in [4.78, 5) is 45.1. The molecule has 0 spiro atoms. The van der Waals surface area contributed by atoms with Crippen LogP contribution in [-0.2, 0) is 19.0 Å². The highest BCUT2D eigenvalue weighted by molar-refractivity contribution is 6.08. The molecule has 0 radical (unpaired) electrons. The quantitative estimate of drug-likeness (QED) is 0.248. The number of nitrogens with one attached hydrogen (secondary N) is 2. The van der Waals surface area contributed by atoms with Crippen molar-refractivity contribution in [1.29, 1.82) is 0 Å². The van der Waals surface area contributed by atoms with Crippen molar-refractivity contribution in [3.8, 4) is 0 Å². The average Bonchev–Trinajstić information content (AvgIpc) is 2.99. The molecule has 0 atom stereocenters. The van der Waals surface area contributed by atoms with Gasteiger partial charge in [-0.1, -0.05) is 18.2 Å². The van der Waals surface area contributed by atoms with E-state index in [9.17, 15) is 14.4 Å². The summed E-state index contributed by atoms with van der Waals surface area (Å²) >= 11 is 0. The molecule has 2 heterocycles. The van der Waals surface area contributed by atoms with E-state index >= 15 is 0 Å². The van der Waals surface area contributed by atoms with Crippen molar-refractivity contribution in [3.63, 3.8) is 0 Å². The fourth-order valence-corrected chi connectivity index (χ4v) is 4.76. The first-order valence-corrected chi connectivity index (χ1v) is 14.8. The Morgan fingerprint density at radius 2 is 1.64 bits per heavy atom. The van der Waals surface area contributed by atoms with Crippen molar-refractivity contribution in [2.24, 2.45) is 5.73 Å². The van der Waals surface area contributed by atoms with Crippen molar-refractivity contribution < 1.29 is 28.6 Å². The van der Waals surface area contributed by atoms with E-state index in [2.05, 4.69) is 20.5 Å². The zero-order valence-corrected chi connectivity index (χ0v) is 25.6. The Balaban J connectivity index is 1.21. The van der Waals surface area contributed by atoms with Gasteiger partial charge in [0.15, 0.2) is 0 Å². The average molecular weight is 607 g/mol. The third-order valence-corrected chi connectivity index (χ3v) is 6.90. The van der Waals surface area contributed by atoms with E-state index in [1.54, 1.807) is 20.8 Å². The van der Waals surface area contributed by atoms with Crippen molar-refractivity contribution in [1.82, 2.24) is 15.2 Å². The summed E-state index contributed by atoms with van der Waals surface area (Å²) in [6.07, 6.45) is 1.32. The molecular formula is C32H42N6O6. The van der Waals surface area contributed by atoms with Crippen LogP contribution < -0.4 is 21.3 Å². The molecule has 1 saturated heterocycles. The van der Waals surface area contributed by atoms with Crippen molar-refractivity contribution in [3.05, 3.63) is 60.3 Å². The number of nitrogens with zero attached hydrogens (tertiary/aromatic N) is 3. The molecule has 0 unspecified atom stereocenters. The van der Waals surface area contributed by atoms with Gasteiger partial charge in [0.2, 0.25) is 5.91 Å². The fourth-order valence-electron chi connectivity index (χ4n) is 4.76. The summed E-state index contributed by atoms with van der Waals surface area (Å²) in [5, 5.41) is 6.77. The van der Waals surface area contributed by atoms with Crippen LogP contribution in [0.3, 0.4) is 0 Å². The lowest BCUT2D eigenvalue weighted by Gasteiger charge is -2.36. The lowest BCUT2D eigenvalue weighted by molar-refractivity contribution is -0.132. The van der Waals surface area contributed by atoms with Crippen LogP contribution >= 0.6 is 0 Å². The summed E-state index contributed by atoms with van der Waals surface area (Å²) in [7, 11) is 0. The van der Waals surface area contributed by atoms with Gasteiger partial charge in [0.25, 0.3) is 5.91 Å². The molecule has 0 aliphatic carbocycles. The third kappa shape index (κ3) is 9.55. The van der Waals surface area contributed by atoms with Crippen LogP contribution in [0.15, 0.2) is 54.7 Å². The van der Waals surface area contributed by atoms with Crippen molar-refractivity contribution in [2.75, 3.05) is 69.4 Å². The van der Waals surface area contributed by atoms with Gasteiger partial charge >= 0.3 is 6.09 Å². The Bertz CT molecular complexity index is 1420. The number of alkyl carbamates (subject to hydrolysis) is 1. The van der Waals surface area contributed by atoms with Gasteiger partial charge in [-0.25, -0.2) is 4.79 Å². The standard InChI is InChI=1S/C32H42N6O6/c1-32(2,3)44-31(41)34-12-18-43-20-19-42-17-11-28(39)38-15-13-37(14-16-38)24-9-10-27-25(21-24)29(26(22-35-27)30(33)40)36-23-7-5-4-6-8-23/h4-10,21-22H,11-20H2,1-3H3,(H2,33,40)(H,34,41)(H,35,36). The number of anilines is 3. The third-order valence-electron chi connectivity index (χ3n) is 6.90. The molecule has 12 heteroatoms. The molecule has 3 aromatic rings. The largest absolute Gasteiger partial charge is 0.444 e. The van der Waals surface area contributed by atoms with Crippen LogP contribution in [0.5, 0.6) is 0 Å². The molecule has 12 nitrogen and oxygen atoms in total. The highest BCUT2D eigenvalue weighted by Gasteiger charge is 2.22.